The summed E-state index contributed by atoms with van der Waals surface area (Å²) in [5, 5.41) is 5.29. The fourth-order valence-electron chi connectivity index (χ4n) is 2.89. The van der Waals surface area contributed by atoms with Crippen LogP contribution in [0.5, 0.6) is 11.5 Å². The molecule has 0 radical (unpaired) electrons. The summed E-state index contributed by atoms with van der Waals surface area (Å²) in [5.74, 6) is -0.852. The first-order valence-electron chi connectivity index (χ1n) is 11.1. The van der Waals surface area contributed by atoms with E-state index < -0.39 is 24.5 Å². The van der Waals surface area contributed by atoms with Crippen LogP contribution in [0.15, 0.2) is 42.5 Å². The number of anilines is 2. The van der Waals surface area contributed by atoms with Crippen molar-refractivity contribution in [2.75, 3.05) is 38.1 Å². The minimum Gasteiger partial charge on any atom is -0.497 e. The van der Waals surface area contributed by atoms with Gasteiger partial charge in [0.15, 0.2) is 6.61 Å². The number of esters is 2. The molecule has 2 rings (SSSR count). The molecule has 10 nitrogen and oxygen atoms in total. The average molecular weight is 487 g/mol. The van der Waals surface area contributed by atoms with Crippen molar-refractivity contribution in [2.24, 2.45) is 0 Å². The van der Waals surface area contributed by atoms with E-state index in [-0.39, 0.29) is 25.2 Å². The van der Waals surface area contributed by atoms with E-state index in [2.05, 4.69) is 10.6 Å². The molecule has 2 N–H and O–H groups in total. The van der Waals surface area contributed by atoms with E-state index in [0.717, 1.165) is 6.42 Å². The van der Waals surface area contributed by atoms with Crippen LogP contribution in [-0.2, 0) is 23.9 Å². The van der Waals surface area contributed by atoms with Gasteiger partial charge in [0.1, 0.15) is 11.5 Å². The van der Waals surface area contributed by atoms with Gasteiger partial charge in [0.2, 0.25) is 5.91 Å². The highest BCUT2D eigenvalue weighted by Gasteiger charge is 2.13. The summed E-state index contributed by atoms with van der Waals surface area (Å²) in [6.45, 7) is 1.79. The van der Waals surface area contributed by atoms with Crippen LogP contribution in [0, 0.1) is 0 Å². The van der Waals surface area contributed by atoms with Gasteiger partial charge in [-0.25, -0.2) is 4.79 Å². The van der Waals surface area contributed by atoms with E-state index in [1.807, 2.05) is 6.92 Å². The maximum atomic E-state index is 12.1. The Balaban J connectivity index is 1.68. The molecule has 0 saturated heterocycles. The molecule has 0 aliphatic rings. The minimum absolute atomic E-state index is 0.0191. The van der Waals surface area contributed by atoms with Gasteiger partial charge < -0.3 is 29.6 Å². The minimum atomic E-state index is -0.593. The first kappa shape index (κ1) is 27.2. The van der Waals surface area contributed by atoms with Gasteiger partial charge in [-0.1, -0.05) is 6.92 Å². The molecule has 0 fully saturated rings. The average Bonchev–Trinajstić information content (AvgIpc) is 2.86. The van der Waals surface area contributed by atoms with Crippen molar-refractivity contribution in [3.8, 4) is 11.5 Å². The zero-order chi connectivity index (χ0) is 25.6. The molecule has 0 bridgehead atoms. The van der Waals surface area contributed by atoms with E-state index in [1.54, 1.807) is 42.5 Å². The van der Waals surface area contributed by atoms with Gasteiger partial charge in [-0.3, -0.25) is 14.4 Å². The molecule has 0 aliphatic heterocycles. The van der Waals surface area contributed by atoms with E-state index in [4.69, 9.17) is 18.9 Å². The van der Waals surface area contributed by atoms with E-state index in [9.17, 15) is 19.2 Å². The zero-order valence-corrected chi connectivity index (χ0v) is 20.1. The van der Waals surface area contributed by atoms with Gasteiger partial charge in [0.05, 0.1) is 32.1 Å². The van der Waals surface area contributed by atoms with Crippen molar-refractivity contribution >= 4 is 35.1 Å². The number of nitrogens with one attached hydrogen (secondary N) is 2. The first-order chi connectivity index (χ1) is 16.9. The van der Waals surface area contributed by atoms with E-state index in [0.29, 0.717) is 35.0 Å². The summed E-state index contributed by atoms with van der Waals surface area (Å²) in [7, 11) is 2.97. The van der Waals surface area contributed by atoms with Gasteiger partial charge in [0.25, 0.3) is 5.91 Å². The number of carbonyl (C=O) groups excluding carboxylic acids is 4. The van der Waals surface area contributed by atoms with Crippen LogP contribution in [0.1, 0.15) is 43.0 Å². The standard InChI is InChI=1S/C25H30N2O8/c1-4-14-34-25(31)17-8-10-18(11-9-17)26-22(28)6-5-7-24(30)35-16-23(29)27-20-13-12-19(32-2)15-21(20)33-3/h8-13,15H,4-7,14,16H2,1-3H3,(H,26,28)(H,27,29). The van der Waals surface area contributed by atoms with Crippen LogP contribution in [0.2, 0.25) is 0 Å². The van der Waals surface area contributed by atoms with Crippen LogP contribution in [0.3, 0.4) is 0 Å². The summed E-state index contributed by atoms with van der Waals surface area (Å²) < 4.78 is 20.3. The molecule has 2 aromatic carbocycles. The lowest BCUT2D eigenvalue weighted by Gasteiger charge is -2.11. The van der Waals surface area contributed by atoms with Crippen LogP contribution < -0.4 is 20.1 Å². The molecule has 2 amide bonds. The van der Waals surface area contributed by atoms with Crippen molar-refractivity contribution in [1.82, 2.24) is 0 Å². The number of amides is 2. The van der Waals surface area contributed by atoms with Crippen molar-refractivity contribution in [3.05, 3.63) is 48.0 Å². The van der Waals surface area contributed by atoms with Crippen LogP contribution in [-0.4, -0.2) is 51.2 Å². The molecule has 0 aliphatic carbocycles. The third-order valence-electron chi connectivity index (χ3n) is 4.67. The molecule has 10 heteroatoms. The lowest BCUT2D eigenvalue weighted by Crippen LogP contribution is -2.21. The highest BCUT2D eigenvalue weighted by molar-refractivity contribution is 5.95. The number of benzene rings is 2. The molecule has 0 aromatic heterocycles. The second-order valence-electron chi connectivity index (χ2n) is 7.39. The van der Waals surface area contributed by atoms with Crippen LogP contribution in [0.4, 0.5) is 11.4 Å². The van der Waals surface area contributed by atoms with Crippen LogP contribution in [0.25, 0.3) is 0 Å². The Labute approximate surface area is 203 Å². The predicted octanol–water partition coefficient (Wildman–Crippen LogP) is 3.56. The molecule has 0 atom stereocenters. The lowest BCUT2D eigenvalue weighted by atomic mass is 10.2. The quantitative estimate of drug-likeness (QED) is 0.411. The number of methoxy groups -OCH3 is 2. The van der Waals surface area contributed by atoms with Gasteiger partial charge in [-0.15, -0.1) is 0 Å². The van der Waals surface area contributed by atoms with Gasteiger partial charge in [-0.05, 0) is 49.2 Å². The highest BCUT2D eigenvalue weighted by atomic mass is 16.5. The Morgan fingerprint density at radius 2 is 1.57 bits per heavy atom. The SMILES string of the molecule is CCCOC(=O)c1ccc(NC(=O)CCCC(=O)OCC(=O)Nc2ccc(OC)cc2OC)cc1. The monoisotopic (exact) mass is 486 g/mol. The Kier molecular flexibility index (Phi) is 11.1. The molecule has 2 aromatic rings. The molecule has 0 unspecified atom stereocenters. The number of hydrogen-bond acceptors (Lipinski definition) is 8. The molecule has 188 valence electrons. The second kappa shape index (κ2) is 14.2. The largest absolute Gasteiger partial charge is 0.497 e. The normalized spacial score (nSPS) is 10.1. The summed E-state index contributed by atoms with van der Waals surface area (Å²) in [6, 6.07) is 11.2. The summed E-state index contributed by atoms with van der Waals surface area (Å²) >= 11 is 0. The number of carbonyl (C=O) groups is 4. The van der Waals surface area contributed by atoms with Crippen molar-refractivity contribution < 1.29 is 38.1 Å². The van der Waals surface area contributed by atoms with Gasteiger partial charge in [-0.2, -0.15) is 0 Å². The fourth-order valence-corrected chi connectivity index (χ4v) is 2.89. The summed E-state index contributed by atoms with van der Waals surface area (Å²) in [6.07, 6.45) is 1.05. The van der Waals surface area contributed by atoms with E-state index in [1.165, 1.54) is 14.2 Å². The fraction of sp³-hybridized carbons (Fsp3) is 0.360. The second-order valence-corrected chi connectivity index (χ2v) is 7.39. The molecule has 0 spiro atoms. The first-order valence-corrected chi connectivity index (χ1v) is 11.1. The predicted molar refractivity (Wildman–Crippen MR) is 129 cm³/mol. The number of rotatable bonds is 13. The number of ether oxygens (including phenoxy) is 4. The molecule has 35 heavy (non-hydrogen) atoms. The van der Waals surface area contributed by atoms with Gasteiger partial charge in [0, 0.05) is 24.6 Å². The Morgan fingerprint density at radius 3 is 2.23 bits per heavy atom. The number of hydrogen-bond donors (Lipinski definition) is 2. The zero-order valence-electron chi connectivity index (χ0n) is 20.1. The third kappa shape index (κ3) is 9.36. The van der Waals surface area contributed by atoms with Crippen molar-refractivity contribution in [1.29, 1.82) is 0 Å². The van der Waals surface area contributed by atoms with Crippen molar-refractivity contribution in [3.63, 3.8) is 0 Å². The third-order valence-corrected chi connectivity index (χ3v) is 4.67. The Bertz CT molecular complexity index is 1020. The smallest absolute Gasteiger partial charge is 0.338 e. The molecular formula is C25H30N2O8. The van der Waals surface area contributed by atoms with E-state index >= 15 is 0 Å². The van der Waals surface area contributed by atoms with Crippen LogP contribution >= 0.6 is 0 Å². The summed E-state index contributed by atoms with van der Waals surface area (Å²) in [5.41, 5.74) is 1.33. The molecule has 0 heterocycles. The Morgan fingerprint density at radius 1 is 0.829 bits per heavy atom. The maximum Gasteiger partial charge on any atom is 0.338 e. The van der Waals surface area contributed by atoms with Crippen molar-refractivity contribution in [2.45, 2.75) is 32.6 Å². The Hall–Kier alpha value is -4.08. The molecular weight excluding hydrogens is 456 g/mol. The van der Waals surface area contributed by atoms with Gasteiger partial charge >= 0.3 is 11.9 Å². The topological polar surface area (TPSA) is 129 Å². The highest BCUT2D eigenvalue weighted by Crippen LogP contribution is 2.28. The lowest BCUT2D eigenvalue weighted by molar-refractivity contribution is -0.147. The summed E-state index contributed by atoms with van der Waals surface area (Å²) in [4.78, 5) is 47.9. The maximum absolute atomic E-state index is 12.1. The molecule has 0 saturated carbocycles.